The summed E-state index contributed by atoms with van der Waals surface area (Å²) in [5, 5.41) is 2.62. The van der Waals surface area contributed by atoms with Crippen LogP contribution in [0, 0.1) is 23.7 Å². The zero-order valence-electron chi connectivity index (χ0n) is 23.3. The fourth-order valence-electron chi connectivity index (χ4n) is 10.3. The summed E-state index contributed by atoms with van der Waals surface area (Å²) in [6.07, 6.45) is 7.23. The third kappa shape index (κ3) is 2.87. The molecule has 4 bridgehead atoms. The molecule has 0 unspecified atom stereocenters. The highest BCUT2D eigenvalue weighted by atomic mass is 15.0. The summed E-state index contributed by atoms with van der Waals surface area (Å²) in [6, 6.07) is 43.7. The molecule has 11 rings (SSSR count). The average molecular weight is 528 g/mol. The molecule has 1 heteroatoms. The number of nitrogens with zero attached hydrogens (tertiary/aromatic N) is 1. The fourth-order valence-corrected chi connectivity index (χ4v) is 10.3. The smallest absolute Gasteiger partial charge is 0.0547 e. The van der Waals surface area contributed by atoms with E-state index in [-0.39, 0.29) is 5.41 Å². The Morgan fingerprint density at radius 3 is 1.95 bits per heavy atom. The van der Waals surface area contributed by atoms with Crippen molar-refractivity contribution in [1.82, 2.24) is 4.57 Å². The van der Waals surface area contributed by atoms with Gasteiger partial charge in [0, 0.05) is 21.9 Å². The van der Waals surface area contributed by atoms with E-state index >= 15 is 0 Å². The first kappa shape index (κ1) is 22.6. The second-order valence-corrected chi connectivity index (χ2v) is 13.4. The Bertz CT molecular complexity index is 1980. The van der Waals surface area contributed by atoms with Crippen LogP contribution in [0.25, 0.3) is 49.7 Å². The topological polar surface area (TPSA) is 4.93 Å². The number of rotatable bonds is 2. The number of hydrogen-bond acceptors (Lipinski definition) is 0. The molecule has 1 aromatic heterocycles. The Kier molecular flexibility index (Phi) is 4.41. The fraction of sp³-hybridized carbons (Fsp3) is 0.250. The zero-order valence-corrected chi connectivity index (χ0v) is 23.3. The lowest BCUT2D eigenvalue weighted by atomic mass is 9.43. The first-order valence-corrected chi connectivity index (χ1v) is 15.6. The predicted molar refractivity (Wildman–Crippen MR) is 169 cm³/mol. The van der Waals surface area contributed by atoms with Crippen LogP contribution in [0.4, 0.5) is 0 Å². The highest BCUT2D eigenvalue weighted by molar-refractivity contribution is 6.10. The molecule has 0 radical (unpaired) electrons. The maximum atomic E-state index is 2.55. The third-order valence-electron chi connectivity index (χ3n) is 11.6. The molecular formula is C40H33N. The number of para-hydroxylation sites is 2. The number of hydrogen-bond donors (Lipinski definition) is 0. The van der Waals surface area contributed by atoms with E-state index in [4.69, 9.17) is 0 Å². The Morgan fingerprint density at radius 2 is 1.12 bits per heavy atom. The van der Waals surface area contributed by atoms with Gasteiger partial charge >= 0.3 is 0 Å². The van der Waals surface area contributed by atoms with Gasteiger partial charge < -0.3 is 4.57 Å². The lowest BCUT2D eigenvalue weighted by Crippen LogP contribution is -2.55. The molecule has 0 atom stereocenters. The van der Waals surface area contributed by atoms with E-state index in [9.17, 15) is 0 Å². The van der Waals surface area contributed by atoms with Crippen molar-refractivity contribution < 1.29 is 0 Å². The van der Waals surface area contributed by atoms with Crippen LogP contribution in [-0.4, -0.2) is 4.57 Å². The molecule has 0 aliphatic heterocycles. The predicted octanol–water partition coefficient (Wildman–Crippen LogP) is 10.2. The minimum atomic E-state index is 0.238. The van der Waals surface area contributed by atoms with Crippen molar-refractivity contribution in [3.63, 3.8) is 0 Å². The van der Waals surface area contributed by atoms with Crippen molar-refractivity contribution in [2.45, 2.75) is 37.5 Å². The van der Waals surface area contributed by atoms with Gasteiger partial charge in [0.25, 0.3) is 0 Å². The van der Waals surface area contributed by atoms with E-state index < -0.39 is 0 Å². The van der Waals surface area contributed by atoms with Gasteiger partial charge in [-0.1, -0.05) is 84.9 Å². The molecule has 1 spiro atoms. The summed E-state index contributed by atoms with van der Waals surface area (Å²) in [5.41, 5.74) is 12.9. The second kappa shape index (κ2) is 8.01. The van der Waals surface area contributed by atoms with Gasteiger partial charge in [0.05, 0.1) is 11.0 Å². The van der Waals surface area contributed by atoms with Crippen LogP contribution in [0.1, 0.15) is 43.2 Å². The molecule has 4 fully saturated rings. The monoisotopic (exact) mass is 527 g/mol. The number of benzene rings is 5. The van der Waals surface area contributed by atoms with Crippen LogP contribution in [0.15, 0.2) is 115 Å². The minimum absolute atomic E-state index is 0.238. The van der Waals surface area contributed by atoms with Gasteiger partial charge in [-0.25, -0.2) is 0 Å². The van der Waals surface area contributed by atoms with Crippen LogP contribution in [0.5, 0.6) is 0 Å². The lowest BCUT2D eigenvalue weighted by molar-refractivity contribution is -0.0399. The van der Waals surface area contributed by atoms with Crippen LogP contribution in [0.2, 0.25) is 0 Å². The van der Waals surface area contributed by atoms with Crippen molar-refractivity contribution in [1.29, 1.82) is 0 Å². The van der Waals surface area contributed by atoms with Crippen molar-refractivity contribution >= 4 is 21.8 Å². The Hall–Kier alpha value is -4.10. The van der Waals surface area contributed by atoms with Crippen LogP contribution >= 0.6 is 0 Å². The van der Waals surface area contributed by atoms with E-state index in [1.54, 1.807) is 11.1 Å². The Balaban J connectivity index is 1.18. The summed E-state index contributed by atoms with van der Waals surface area (Å²) in [6.45, 7) is 0. The van der Waals surface area contributed by atoms with Crippen LogP contribution in [0.3, 0.4) is 0 Å². The second-order valence-electron chi connectivity index (χ2n) is 13.4. The molecule has 198 valence electrons. The van der Waals surface area contributed by atoms with Gasteiger partial charge in [-0.3, -0.25) is 0 Å². The molecule has 5 aliphatic rings. The van der Waals surface area contributed by atoms with Gasteiger partial charge in [0.1, 0.15) is 0 Å². The van der Waals surface area contributed by atoms with E-state index in [1.165, 1.54) is 81.9 Å². The normalized spacial score (nSPS) is 27.1. The standard InChI is InChI=1S/C40H33N/c1-2-8-31(9-3-1)41-38-13-7-5-11-33(38)34-16-14-28(24-39(34)41)27-15-17-37-35(23-27)32-10-4-6-12-36(32)40(37)29-19-25-18-26(21-29)22-30(40)20-25/h1-17,23-26,29-30H,18-22H2. The summed E-state index contributed by atoms with van der Waals surface area (Å²) in [5.74, 6) is 3.57. The number of aromatic nitrogens is 1. The van der Waals surface area contributed by atoms with E-state index in [2.05, 4.69) is 120 Å². The molecule has 5 aromatic carbocycles. The molecule has 0 amide bonds. The SMILES string of the molecule is c1ccc(-n2c3ccccc3c3ccc(-c4ccc5c(c4)-c4ccccc4C54C5CC6CC(C5)CC4C6)cc32)cc1. The number of fused-ring (bicyclic) bond motifs is 6. The zero-order chi connectivity index (χ0) is 26.7. The molecule has 6 aromatic rings. The van der Waals surface area contributed by atoms with Crippen LogP contribution < -0.4 is 0 Å². The molecule has 5 aliphatic carbocycles. The lowest BCUT2D eigenvalue weighted by Gasteiger charge is -2.61. The molecule has 41 heavy (non-hydrogen) atoms. The molecular weight excluding hydrogens is 494 g/mol. The maximum absolute atomic E-state index is 2.55. The summed E-state index contributed by atoms with van der Waals surface area (Å²) >= 11 is 0. The van der Waals surface area contributed by atoms with Crippen molar-refractivity contribution in [2.75, 3.05) is 0 Å². The van der Waals surface area contributed by atoms with Gasteiger partial charge in [0.2, 0.25) is 0 Å². The molecule has 0 saturated heterocycles. The summed E-state index contributed by atoms with van der Waals surface area (Å²) < 4.78 is 2.43. The quantitative estimate of drug-likeness (QED) is 0.211. The van der Waals surface area contributed by atoms with E-state index in [0.717, 1.165) is 23.7 Å². The minimum Gasteiger partial charge on any atom is -0.309 e. The first-order chi connectivity index (χ1) is 20.3. The molecule has 4 saturated carbocycles. The Labute approximate surface area is 241 Å². The van der Waals surface area contributed by atoms with Crippen molar-refractivity contribution in [3.8, 4) is 27.9 Å². The van der Waals surface area contributed by atoms with Gasteiger partial charge in [-0.2, -0.15) is 0 Å². The Morgan fingerprint density at radius 1 is 0.488 bits per heavy atom. The highest BCUT2D eigenvalue weighted by Crippen LogP contribution is 2.69. The van der Waals surface area contributed by atoms with Crippen molar-refractivity contribution in [2.24, 2.45) is 23.7 Å². The summed E-state index contributed by atoms with van der Waals surface area (Å²) in [4.78, 5) is 0. The first-order valence-electron chi connectivity index (χ1n) is 15.6. The van der Waals surface area contributed by atoms with Gasteiger partial charge in [-0.15, -0.1) is 0 Å². The molecule has 0 N–H and O–H groups in total. The van der Waals surface area contributed by atoms with Crippen molar-refractivity contribution in [3.05, 3.63) is 126 Å². The third-order valence-corrected chi connectivity index (χ3v) is 11.6. The van der Waals surface area contributed by atoms with E-state index in [1.807, 2.05) is 0 Å². The van der Waals surface area contributed by atoms with Gasteiger partial charge in [0.15, 0.2) is 0 Å². The van der Waals surface area contributed by atoms with Gasteiger partial charge in [-0.05, 0) is 119 Å². The average Bonchev–Trinajstić information content (AvgIpc) is 3.50. The van der Waals surface area contributed by atoms with E-state index in [0.29, 0.717) is 0 Å². The molecule has 1 nitrogen and oxygen atoms in total. The largest absolute Gasteiger partial charge is 0.309 e. The molecule has 1 heterocycles. The summed E-state index contributed by atoms with van der Waals surface area (Å²) in [7, 11) is 0. The highest BCUT2D eigenvalue weighted by Gasteiger charge is 2.61. The van der Waals surface area contributed by atoms with Crippen LogP contribution in [-0.2, 0) is 5.41 Å². The maximum Gasteiger partial charge on any atom is 0.0547 e.